The molecule has 0 unspecified atom stereocenters. The lowest BCUT2D eigenvalue weighted by Gasteiger charge is -2.21. The number of amides is 1. The molecular formula is C31H33N7O2. The molecule has 3 aromatic heterocycles. The third-order valence-corrected chi connectivity index (χ3v) is 7.30. The first-order chi connectivity index (χ1) is 19.5. The van der Waals surface area contributed by atoms with Crippen LogP contribution in [0.1, 0.15) is 55.0 Å². The number of tetrazole rings is 1. The van der Waals surface area contributed by atoms with Crippen LogP contribution in [-0.4, -0.2) is 54.1 Å². The number of aryl methyl sites for hydroxylation is 2. The van der Waals surface area contributed by atoms with Gasteiger partial charge in [0.1, 0.15) is 5.56 Å². The average molecular weight is 536 g/mol. The van der Waals surface area contributed by atoms with Crippen molar-refractivity contribution < 1.29 is 4.79 Å². The molecule has 0 radical (unpaired) electrons. The number of hydrogen-bond acceptors (Lipinski definition) is 6. The van der Waals surface area contributed by atoms with E-state index in [0.29, 0.717) is 25.3 Å². The first kappa shape index (κ1) is 26.9. The summed E-state index contributed by atoms with van der Waals surface area (Å²) < 4.78 is 1.71. The van der Waals surface area contributed by atoms with E-state index in [4.69, 9.17) is 4.98 Å². The molecule has 0 bridgehead atoms. The molecule has 9 heteroatoms. The zero-order chi connectivity index (χ0) is 28.2. The summed E-state index contributed by atoms with van der Waals surface area (Å²) in [5.74, 6) is 0.202. The Bertz CT molecular complexity index is 1710. The first-order valence-electron chi connectivity index (χ1n) is 13.8. The van der Waals surface area contributed by atoms with Gasteiger partial charge >= 0.3 is 0 Å². The van der Waals surface area contributed by atoms with Crippen LogP contribution in [0.15, 0.2) is 65.5 Å². The largest absolute Gasteiger partial charge is 0.339 e. The summed E-state index contributed by atoms with van der Waals surface area (Å²) in [5.41, 5.74) is 6.07. The van der Waals surface area contributed by atoms with E-state index in [1.54, 1.807) is 15.5 Å². The van der Waals surface area contributed by atoms with Crippen LogP contribution in [0, 0.1) is 0 Å². The minimum atomic E-state index is -0.312. The van der Waals surface area contributed by atoms with Crippen molar-refractivity contribution in [2.24, 2.45) is 0 Å². The normalized spacial score (nSPS) is 11.2. The van der Waals surface area contributed by atoms with Gasteiger partial charge in [-0.3, -0.25) is 14.6 Å². The lowest BCUT2D eigenvalue weighted by atomic mass is 9.97. The van der Waals surface area contributed by atoms with Gasteiger partial charge in [0.2, 0.25) is 5.82 Å². The van der Waals surface area contributed by atoms with Gasteiger partial charge in [-0.05, 0) is 66.8 Å². The van der Waals surface area contributed by atoms with Crippen molar-refractivity contribution in [3.8, 4) is 22.5 Å². The second kappa shape index (κ2) is 11.6. The van der Waals surface area contributed by atoms with Gasteiger partial charge in [-0.1, -0.05) is 56.3 Å². The zero-order valence-corrected chi connectivity index (χ0v) is 23.3. The van der Waals surface area contributed by atoms with Gasteiger partial charge in [-0.2, -0.15) is 5.21 Å². The number of carbonyl (C=O) groups excluding carboxylic acids is 1. The van der Waals surface area contributed by atoms with Crippen LogP contribution >= 0.6 is 0 Å². The fourth-order valence-electron chi connectivity index (χ4n) is 5.14. The molecule has 2 aromatic carbocycles. The molecule has 0 aliphatic heterocycles. The highest BCUT2D eigenvalue weighted by molar-refractivity contribution is 5.98. The Balaban J connectivity index is 1.72. The SMILES string of the molecule is CCc1cc2c(cc(C(=O)N(CC)CC)c(=O)n2Cc2ccc(-c3ccccc3)c(-c3nn[nH]n3)c2)c(CC)n1. The van der Waals surface area contributed by atoms with Crippen molar-refractivity contribution in [3.05, 3.63) is 93.5 Å². The molecule has 5 rings (SSSR count). The number of nitrogens with one attached hydrogen (secondary N) is 1. The Labute approximate surface area is 232 Å². The second-order valence-corrected chi connectivity index (χ2v) is 9.61. The second-order valence-electron chi connectivity index (χ2n) is 9.61. The van der Waals surface area contributed by atoms with Crippen molar-refractivity contribution in [1.29, 1.82) is 0 Å². The molecule has 0 spiro atoms. The van der Waals surface area contributed by atoms with Crippen LogP contribution in [0.5, 0.6) is 0 Å². The third kappa shape index (κ3) is 5.02. The Morgan fingerprint density at radius 2 is 1.70 bits per heavy atom. The maximum absolute atomic E-state index is 14.0. The van der Waals surface area contributed by atoms with Crippen molar-refractivity contribution in [3.63, 3.8) is 0 Å². The van der Waals surface area contributed by atoms with Crippen LogP contribution in [-0.2, 0) is 19.4 Å². The van der Waals surface area contributed by atoms with Gasteiger partial charge in [0.25, 0.3) is 11.5 Å². The van der Waals surface area contributed by atoms with Crippen LogP contribution in [0.4, 0.5) is 0 Å². The van der Waals surface area contributed by atoms with Gasteiger partial charge < -0.3 is 9.47 Å². The lowest BCUT2D eigenvalue weighted by Crippen LogP contribution is -2.37. The van der Waals surface area contributed by atoms with Gasteiger partial charge in [0.05, 0.1) is 12.1 Å². The van der Waals surface area contributed by atoms with E-state index in [1.807, 2.05) is 82.3 Å². The van der Waals surface area contributed by atoms with Crippen molar-refractivity contribution in [2.45, 2.75) is 47.1 Å². The number of aromatic amines is 1. The molecule has 0 aliphatic rings. The Morgan fingerprint density at radius 3 is 2.35 bits per heavy atom. The molecule has 1 N–H and O–H groups in total. The summed E-state index contributed by atoms with van der Waals surface area (Å²) in [5, 5.41) is 15.6. The number of H-pyrrole nitrogens is 1. The minimum Gasteiger partial charge on any atom is -0.339 e. The molecule has 204 valence electrons. The number of rotatable bonds is 9. The molecule has 0 saturated carbocycles. The van der Waals surface area contributed by atoms with E-state index in [2.05, 4.69) is 20.6 Å². The Kier molecular flexibility index (Phi) is 7.82. The maximum atomic E-state index is 14.0. The maximum Gasteiger partial charge on any atom is 0.264 e. The monoisotopic (exact) mass is 535 g/mol. The molecule has 40 heavy (non-hydrogen) atoms. The predicted octanol–water partition coefficient (Wildman–Crippen LogP) is 4.90. The number of nitrogens with zero attached hydrogens (tertiary/aromatic N) is 6. The van der Waals surface area contributed by atoms with Gasteiger partial charge in [-0.25, -0.2) is 0 Å². The molecule has 0 fully saturated rings. The molecule has 0 aliphatic carbocycles. The smallest absolute Gasteiger partial charge is 0.264 e. The molecule has 5 aromatic rings. The van der Waals surface area contributed by atoms with Gasteiger partial charge in [-0.15, -0.1) is 10.2 Å². The standard InChI is InChI=1S/C31H33N7O2/c1-5-22-17-28-25(27(6-2)32-22)18-26(30(39)37(7-3)8-4)31(40)38(28)19-20-14-15-23(21-12-10-9-11-13-21)24(16-20)29-33-35-36-34-29/h9-18H,5-8,19H2,1-4H3,(H,33,34,35,36). The number of carbonyl (C=O) groups is 1. The van der Waals surface area contributed by atoms with Crippen molar-refractivity contribution in [1.82, 2.24) is 35.1 Å². The fraction of sp³-hybridized carbons (Fsp3) is 0.290. The summed E-state index contributed by atoms with van der Waals surface area (Å²) in [7, 11) is 0. The van der Waals surface area contributed by atoms with Crippen LogP contribution in [0.3, 0.4) is 0 Å². The van der Waals surface area contributed by atoms with E-state index < -0.39 is 0 Å². The van der Waals surface area contributed by atoms with E-state index in [1.165, 1.54) is 0 Å². The van der Waals surface area contributed by atoms with Crippen molar-refractivity contribution >= 4 is 16.8 Å². The number of aromatic nitrogens is 6. The number of hydrogen-bond donors (Lipinski definition) is 1. The minimum absolute atomic E-state index is 0.163. The van der Waals surface area contributed by atoms with Gasteiger partial charge in [0, 0.05) is 35.4 Å². The summed E-state index contributed by atoms with van der Waals surface area (Å²) in [6.07, 6.45) is 1.43. The van der Waals surface area contributed by atoms with Crippen LogP contribution < -0.4 is 5.56 Å². The molecular weight excluding hydrogens is 502 g/mol. The van der Waals surface area contributed by atoms with E-state index in [-0.39, 0.29) is 23.6 Å². The number of fused-ring (bicyclic) bond motifs is 1. The number of pyridine rings is 2. The summed E-state index contributed by atoms with van der Waals surface area (Å²) >= 11 is 0. The molecule has 9 nitrogen and oxygen atoms in total. The van der Waals surface area contributed by atoms with Crippen LogP contribution in [0.25, 0.3) is 33.4 Å². The number of benzene rings is 2. The zero-order valence-electron chi connectivity index (χ0n) is 23.3. The predicted molar refractivity (Wildman–Crippen MR) is 156 cm³/mol. The topological polar surface area (TPSA) is 110 Å². The highest BCUT2D eigenvalue weighted by Gasteiger charge is 2.22. The summed E-state index contributed by atoms with van der Waals surface area (Å²) in [6.45, 7) is 9.24. The highest BCUT2D eigenvalue weighted by Crippen LogP contribution is 2.31. The van der Waals surface area contributed by atoms with E-state index >= 15 is 0 Å². The van der Waals surface area contributed by atoms with Crippen molar-refractivity contribution in [2.75, 3.05) is 13.1 Å². The van der Waals surface area contributed by atoms with Crippen LogP contribution in [0.2, 0.25) is 0 Å². The Morgan fingerprint density at radius 1 is 0.925 bits per heavy atom. The molecule has 0 saturated heterocycles. The average Bonchev–Trinajstić information content (AvgIpc) is 3.54. The summed E-state index contributed by atoms with van der Waals surface area (Å²) in [6, 6.07) is 19.7. The lowest BCUT2D eigenvalue weighted by molar-refractivity contribution is 0.0771. The highest BCUT2D eigenvalue weighted by atomic mass is 16.2. The van der Waals surface area contributed by atoms with E-state index in [9.17, 15) is 9.59 Å². The summed E-state index contributed by atoms with van der Waals surface area (Å²) in [4.78, 5) is 34.0. The third-order valence-electron chi connectivity index (χ3n) is 7.30. The van der Waals surface area contributed by atoms with E-state index in [0.717, 1.165) is 51.0 Å². The van der Waals surface area contributed by atoms with Gasteiger partial charge in [0.15, 0.2) is 0 Å². The Hall–Kier alpha value is -4.66. The molecule has 3 heterocycles. The molecule has 0 atom stereocenters. The quantitative estimate of drug-likeness (QED) is 0.288. The molecule has 1 amide bonds. The first-order valence-corrected chi connectivity index (χ1v) is 13.8. The fourth-order valence-corrected chi connectivity index (χ4v) is 5.14.